The van der Waals surface area contributed by atoms with Crippen LogP contribution < -0.4 is 4.74 Å². The number of benzene rings is 2. The lowest BCUT2D eigenvalue weighted by molar-refractivity contribution is -0.137. The second-order valence-corrected chi connectivity index (χ2v) is 6.08. The fourth-order valence-electron chi connectivity index (χ4n) is 2.61. The monoisotopic (exact) mass is 413 g/mol. The Morgan fingerprint density at radius 1 is 1.16 bits per heavy atom. The van der Waals surface area contributed by atoms with E-state index in [1.807, 2.05) is 0 Å². The zero-order valence-electron chi connectivity index (χ0n) is 12.5. The van der Waals surface area contributed by atoms with Crippen LogP contribution in [0, 0.1) is 0 Å². The first-order chi connectivity index (χ1) is 11.8. The summed E-state index contributed by atoms with van der Waals surface area (Å²) in [6.45, 7) is 0.0264. The summed E-state index contributed by atoms with van der Waals surface area (Å²) in [5.41, 5.74) is 0.252. The summed E-state index contributed by atoms with van der Waals surface area (Å²) >= 11 is 3.30. The summed E-state index contributed by atoms with van der Waals surface area (Å²) < 4.78 is 45.5. The number of carbonyl (C=O) groups is 1. The Balaban J connectivity index is 2.11. The number of aromatic nitrogens is 1. The van der Waals surface area contributed by atoms with E-state index in [9.17, 15) is 18.0 Å². The second-order valence-electron chi connectivity index (χ2n) is 5.29. The minimum Gasteiger partial charge on any atom is -0.449 e. The van der Waals surface area contributed by atoms with E-state index >= 15 is 0 Å². The standard InChI is InChI=1S/C17H11BrF3NO3/c18-14-12-6-1-2-7-13(12)22(15(14)25-16(23)24)9-10-4-3-5-11(8-10)17(19,20)21/h1-8H,9H2,(H,23,24). The molecule has 3 aromatic rings. The summed E-state index contributed by atoms with van der Waals surface area (Å²) in [4.78, 5) is 11.0. The highest BCUT2D eigenvalue weighted by Crippen LogP contribution is 2.38. The summed E-state index contributed by atoms with van der Waals surface area (Å²) in [7, 11) is 0. The fourth-order valence-corrected chi connectivity index (χ4v) is 3.24. The number of hydrogen-bond acceptors (Lipinski definition) is 2. The molecule has 0 unspecified atom stereocenters. The Morgan fingerprint density at radius 2 is 1.88 bits per heavy atom. The molecule has 8 heteroatoms. The van der Waals surface area contributed by atoms with Crippen molar-refractivity contribution in [2.75, 3.05) is 0 Å². The molecule has 0 atom stereocenters. The van der Waals surface area contributed by atoms with Gasteiger partial charge in [0.05, 0.1) is 22.1 Å². The molecule has 2 aromatic carbocycles. The van der Waals surface area contributed by atoms with Crippen LogP contribution in [0.15, 0.2) is 53.0 Å². The molecule has 130 valence electrons. The Bertz CT molecular complexity index is 950. The first kappa shape index (κ1) is 17.3. The van der Waals surface area contributed by atoms with Crippen molar-refractivity contribution in [2.24, 2.45) is 0 Å². The van der Waals surface area contributed by atoms with Crippen LogP contribution in [0.3, 0.4) is 0 Å². The number of rotatable bonds is 3. The number of carboxylic acid groups (broad SMARTS) is 1. The molecule has 4 nitrogen and oxygen atoms in total. The maximum atomic E-state index is 12.9. The van der Waals surface area contributed by atoms with Crippen molar-refractivity contribution in [3.63, 3.8) is 0 Å². The fraction of sp³-hybridized carbons (Fsp3) is 0.118. The second kappa shape index (κ2) is 6.44. The molecule has 0 fully saturated rings. The summed E-state index contributed by atoms with van der Waals surface area (Å²) in [5, 5.41) is 9.65. The normalized spacial score (nSPS) is 11.7. The largest absolute Gasteiger partial charge is 0.512 e. The number of alkyl halides is 3. The van der Waals surface area contributed by atoms with Gasteiger partial charge in [0.25, 0.3) is 0 Å². The lowest BCUT2D eigenvalue weighted by Crippen LogP contribution is -2.10. The number of fused-ring (bicyclic) bond motifs is 1. The smallest absolute Gasteiger partial charge is 0.449 e. The van der Waals surface area contributed by atoms with Crippen molar-refractivity contribution in [3.05, 3.63) is 64.1 Å². The van der Waals surface area contributed by atoms with Crippen LogP contribution >= 0.6 is 15.9 Å². The van der Waals surface area contributed by atoms with Gasteiger partial charge in [-0.2, -0.15) is 13.2 Å². The van der Waals surface area contributed by atoms with Crippen molar-refractivity contribution in [1.82, 2.24) is 4.57 Å². The van der Waals surface area contributed by atoms with Gasteiger partial charge in [0.15, 0.2) is 0 Å². The van der Waals surface area contributed by atoms with Crippen LogP contribution in [-0.4, -0.2) is 15.8 Å². The molecule has 25 heavy (non-hydrogen) atoms. The Hall–Kier alpha value is -2.48. The molecule has 1 N–H and O–H groups in total. The third-order valence-corrected chi connectivity index (χ3v) is 4.41. The molecule has 0 saturated heterocycles. The van der Waals surface area contributed by atoms with E-state index < -0.39 is 17.9 Å². The predicted molar refractivity (Wildman–Crippen MR) is 88.8 cm³/mol. The average Bonchev–Trinajstić information content (AvgIpc) is 2.80. The number of halogens is 4. The van der Waals surface area contributed by atoms with Crippen LogP contribution in [-0.2, 0) is 12.7 Å². The van der Waals surface area contributed by atoms with Gasteiger partial charge in [-0.25, -0.2) is 4.79 Å². The molecule has 0 saturated carbocycles. The molecule has 0 aliphatic heterocycles. The minimum absolute atomic E-state index is 0.0195. The van der Waals surface area contributed by atoms with E-state index in [0.29, 0.717) is 20.9 Å². The highest BCUT2D eigenvalue weighted by atomic mass is 79.9. The van der Waals surface area contributed by atoms with Crippen molar-refractivity contribution >= 4 is 33.0 Å². The van der Waals surface area contributed by atoms with E-state index in [0.717, 1.165) is 12.1 Å². The van der Waals surface area contributed by atoms with Gasteiger partial charge in [-0.1, -0.05) is 30.3 Å². The molecule has 0 aliphatic rings. The maximum absolute atomic E-state index is 12.9. The Morgan fingerprint density at radius 3 is 2.56 bits per heavy atom. The van der Waals surface area contributed by atoms with Crippen LogP contribution in [0.25, 0.3) is 10.9 Å². The molecule has 1 aromatic heterocycles. The Kier molecular flexibility index (Phi) is 4.47. The van der Waals surface area contributed by atoms with Crippen molar-refractivity contribution < 1.29 is 27.8 Å². The zero-order valence-corrected chi connectivity index (χ0v) is 14.1. The summed E-state index contributed by atoms with van der Waals surface area (Å²) in [6, 6.07) is 11.9. The minimum atomic E-state index is -4.45. The van der Waals surface area contributed by atoms with Crippen LogP contribution in [0.1, 0.15) is 11.1 Å². The van der Waals surface area contributed by atoms with Gasteiger partial charge in [0, 0.05) is 5.39 Å². The van der Waals surface area contributed by atoms with Gasteiger partial charge < -0.3 is 14.4 Å². The first-order valence-corrected chi connectivity index (χ1v) is 7.90. The van der Waals surface area contributed by atoms with Gasteiger partial charge in [-0.3, -0.25) is 0 Å². The number of hydrogen-bond donors (Lipinski definition) is 1. The van der Waals surface area contributed by atoms with Crippen molar-refractivity contribution in [2.45, 2.75) is 12.7 Å². The summed E-state index contributed by atoms with van der Waals surface area (Å²) in [5.74, 6) is 0.0195. The Labute approximate surface area is 148 Å². The zero-order chi connectivity index (χ0) is 18.2. The lowest BCUT2D eigenvalue weighted by atomic mass is 10.1. The van der Waals surface area contributed by atoms with E-state index in [1.165, 1.54) is 10.6 Å². The third kappa shape index (κ3) is 3.48. The quantitative estimate of drug-likeness (QED) is 0.574. The van der Waals surface area contributed by atoms with Crippen LogP contribution in [0.5, 0.6) is 5.88 Å². The molecular weight excluding hydrogens is 403 g/mol. The molecule has 0 amide bonds. The van der Waals surface area contributed by atoms with E-state index in [1.54, 1.807) is 30.3 Å². The highest BCUT2D eigenvalue weighted by molar-refractivity contribution is 9.10. The number of nitrogens with zero attached hydrogens (tertiary/aromatic N) is 1. The molecule has 3 rings (SSSR count). The predicted octanol–water partition coefficient (Wildman–Crippen LogP) is 5.53. The molecular formula is C17H11BrF3NO3. The van der Waals surface area contributed by atoms with Gasteiger partial charge in [0.1, 0.15) is 0 Å². The lowest BCUT2D eigenvalue weighted by Gasteiger charge is -2.12. The number of para-hydroxylation sites is 1. The molecule has 0 spiro atoms. The summed E-state index contributed by atoms with van der Waals surface area (Å²) in [6.07, 6.45) is -5.95. The van der Waals surface area contributed by atoms with E-state index in [2.05, 4.69) is 15.9 Å². The maximum Gasteiger partial charge on any atom is 0.512 e. The molecule has 1 heterocycles. The van der Waals surface area contributed by atoms with Gasteiger partial charge in [-0.15, -0.1) is 0 Å². The highest BCUT2D eigenvalue weighted by Gasteiger charge is 2.30. The third-order valence-electron chi connectivity index (χ3n) is 3.64. The first-order valence-electron chi connectivity index (χ1n) is 7.11. The molecule has 0 aliphatic carbocycles. The van der Waals surface area contributed by atoms with Crippen molar-refractivity contribution in [1.29, 1.82) is 0 Å². The average molecular weight is 414 g/mol. The molecule has 0 bridgehead atoms. The van der Waals surface area contributed by atoms with Gasteiger partial charge in [0.2, 0.25) is 5.88 Å². The van der Waals surface area contributed by atoms with Gasteiger partial charge in [-0.05, 0) is 39.7 Å². The van der Waals surface area contributed by atoms with Gasteiger partial charge >= 0.3 is 12.3 Å². The topological polar surface area (TPSA) is 51.5 Å². The van der Waals surface area contributed by atoms with E-state index in [4.69, 9.17) is 9.84 Å². The SMILES string of the molecule is O=C(O)Oc1c(Br)c2ccccc2n1Cc1cccc(C(F)(F)F)c1. The number of ether oxygens (including phenoxy) is 1. The van der Waals surface area contributed by atoms with E-state index in [-0.39, 0.29) is 12.4 Å². The van der Waals surface area contributed by atoms with Crippen LogP contribution in [0.4, 0.5) is 18.0 Å². The van der Waals surface area contributed by atoms with Crippen LogP contribution in [0.2, 0.25) is 0 Å². The van der Waals surface area contributed by atoms with Crippen molar-refractivity contribution in [3.8, 4) is 5.88 Å². The molecule has 0 radical (unpaired) electrons.